The van der Waals surface area contributed by atoms with Gasteiger partial charge < -0.3 is 10.6 Å². The summed E-state index contributed by atoms with van der Waals surface area (Å²) >= 11 is 6.22. The van der Waals surface area contributed by atoms with Crippen molar-refractivity contribution < 1.29 is 0 Å². The highest BCUT2D eigenvalue weighted by atomic mass is 35.5. The fourth-order valence-corrected chi connectivity index (χ4v) is 2.21. The lowest BCUT2D eigenvalue weighted by atomic mass is 10.1. The Labute approximate surface area is 102 Å². The largest absolute Gasteiger partial charge is 0.326 e. The van der Waals surface area contributed by atoms with Crippen molar-refractivity contribution in [1.29, 1.82) is 0 Å². The highest BCUT2D eigenvalue weighted by Crippen LogP contribution is 2.30. The van der Waals surface area contributed by atoms with E-state index in [2.05, 4.69) is 24.1 Å². The van der Waals surface area contributed by atoms with Crippen LogP contribution in [-0.2, 0) is 13.1 Å². The van der Waals surface area contributed by atoms with Crippen LogP contribution in [0.5, 0.6) is 0 Å². The molecule has 2 nitrogen and oxygen atoms in total. The third kappa shape index (κ3) is 3.21. The zero-order chi connectivity index (χ0) is 11.5. The van der Waals surface area contributed by atoms with Crippen LogP contribution in [0.25, 0.3) is 0 Å². The number of hydrogen-bond acceptors (Lipinski definition) is 2. The Morgan fingerprint density at radius 2 is 2.19 bits per heavy atom. The van der Waals surface area contributed by atoms with E-state index < -0.39 is 0 Å². The minimum Gasteiger partial charge on any atom is -0.326 e. The molecule has 0 saturated heterocycles. The average Bonchev–Trinajstić information content (AvgIpc) is 3.05. The zero-order valence-electron chi connectivity index (χ0n) is 9.75. The molecule has 0 amide bonds. The second-order valence-corrected chi connectivity index (χ2v) is 5.18. The van der Waals surface area contributed by atoms with Crippen molar-refractivity contribution in [3.8, 4) is 0 Å². The first-order chi connectivity index (χ1) is 7.69. The molecule has 0 atom stereocenters. The minimum atomic E-state index is 0.553. The van der Waals surface area contributed by atoms with E-state index in [1.165, 1.54) is 24.9 Å². The van der Waals surface area contributed by atoms with E-state index in [4.69, 9.17) is 17.3 Å². The maximum atomic E-state index is 6.22. The molecule has 1 aliphatic rings. The summed E-state index contributed by atoms with van der Waals surface area (Å²) in [4.78, 5) is 2.35. The molecule has 3 heteroatoms. The molecule has 1 aromatic rings. The van der Waals surface area contributed by atoms with Gasteiger partial charge in [0.1, 0.15) is 0 Å². The molecule has 1 aliphatic carbocycles. The van der Waals surface area contributed by atoms with Gasteiger partial charge in [0.15, 0.2) is 0 Å². The predicted molar refractivity (Wildman–Crippen MR) is 68.4 cm³/mol. The third-order valence-electron chi connectivity index (χ3n) is 3.06. The first-order valence-electron chi connectivity index (χ1n) is 5.85. The molecule has 2 N–H and O–H groups in total. The molecule has 2 rings (SSSR count). The molecule has 0 heterocycles. The number of hydrogen-bond donors (Lipinski definition) is 1. The fourth-order valence-electron chi connectivity index (χ4n) is 1.94. The van der Waals surface area contributed by atoms with Gasteiger partial charge in [-0.3, -0.25) is 0 Å². The number of benzene rings is 1. The van der Waals surface area contributed by atoms with Crippen LogP contribution in [0.15, 0.2) is 18.2 Å². The van der Waals surface area contributed by atoms with Crippen molar-refractivity contribution in [3.63, 3.8) is 0 Å². The summed E-state index contributed by atoms with van der Waals surface area (Å²) in [6.45, 7) is 2.67. The standard InChI is InChI=1S/C13H19ClN2/c1-16(8-10-2-3-10)9-12-5-4-11(7-15)6-13(12)14/h4-6,10H,2-3,7-9,15H2,1H3. The van der Waals surface area contributed by atoms with Crippen molar-refractivity contribution in [2.45, 2.75) is 25.9 Å². The van der Waals surface area contributed by atoms with Gasteiger partial charge in [-0.1, -0.05) is 23.7 Å². The summed E-state index contributed by atoms with van der Waals surface area (Å²) < 4.78 is 0. The van der Waals surface area contributed by atoms with E-state index in [1.54, 1.807) is 0 Å². The Balaban J connectivity index is 1.96. The van der Waals surface area contributed by atoms with Crippen molar-refractivity contribution in [3.05, 3.63) is 34.3 Å². The Morgan fingerprint density at radius 3 is 2.75 bits per heavy atom. The van der Waals surface area contributed by atoms with E-state index in [-0.39, 0.29) is 0 Å². The van der Waals surface area contributed by atoms with Crippen molar-refractivity contribution in [2.75, 3.05) is 13.6 Å². The summed E-state index contributed by atoms with van der Waals surface area (Å²) in [6.07, 6.45) is 2.79. The highest BCUT2D eigenvalue weighted by Gasteiger charge is 2.22. The Bertz CT molecular complexity index is 361. The van der Waals surface area contributed by atoms with Crippen LogP contribution in [0.3, 0.4) is 0 Å². The topological polar surface area (TPSA) is 29.3 Å². The normalized spacial score (nSPS) is 15.8. The van der Waals surface area contributed by atoms with Crippen LogP contribution < -0.4 is 5.73 Å². The second-order valence-electron chi connectivity index (χ2n) is 4.77. The van der Waals surface area contributed by atoms with Crippen LogP contribution in [-0.4, -0.2) is 18.5 Å². The monoisotopic (exact) mass is 238 g/mol. The molecule has 0 spiro atoms. The Kier molecular flexibility index (Phi) is 3.85. The predicted octanol–water partition coefficient (Wildman–Crippen LogP) is 2.64. The third-order valence-corrected chi connectivity index (χ3v) is 3.41. The Morgan fingerprint density at radius 1 is 1.44 bits per heavy atom. The molecular formula is C13H19ClN2. The van der Waals surface area contributed by atoms with Gasteiger partial charge in [0.05, 0.1) is 0 Å². The van der Waals surface area contributed by atoms with E-state index in [1.807, 2.05) is 6.07 Å². The number of nitrogens with two attached hydrogens (primary N) is 1. The lowest BCUT2D eigenvalue weighted by molar-refractivity contribution is 0.313. The molecule has 0 aromatic heterocycles. The molecule has 0 aliphatic heterocycles. The lowest BCUT2D eigenvalue weighted by Gasteiger charge is -2.17. The Hall–Kier alpha value is -0.570. The van der Waals surface area contributed by atoms with Gasteiger partial charge in [0.25, 0.3) is 0 Å². The molecule has 0 bridgehead atoms. The molecule has 0 radical (unpaired) electrons. The first-order valence-corrected chi connectivity index (χ1v) is 6.22. The van der Waals surface area contributed by atoms with Gasteiger partial charge in [-0.25, -0.2) is 0 Å². The van der Waals surface area contributed by atoms with E-state index in [9.17, 15) is 0 Å². The van der Waals surface area contributed by atoms with Crippen molar-refractivity contribution in [1.82, 2.24) is 4.90 Å². The quantitative estimate of drug-likeness (QED) is 0.855. The van der Waals surface area contributed by atoms with Crippen molar-refractivity contribution in [2.24, 2.45) is 11.7 Å². The fraction of sp³-hybridized carbons (Fsp3) is 0.538. The van der Waals surface area contributed by atoms with Gasteiger partial charge in [0, 0.05) is 24.7 Å². The summed E-state index contributed by atoms with van der Waals surface area (Å²) in [5.74, 6) is 0.923. The van der Waals surface area contributed by atoms with Gasteiger partial charge in [0.2, 0.25) is 0 Å². The summed E-state index contributed by atoms with van der Waals surface area (Å²) in [5.41, 5.74) is 7.87. The van der Waals surface area contributed by atoms with Crippen LogP contribution in [0.2, 0.25) is 5.02 Å². The number of nitrogens with zero attached hydrogens (tertiary/aromatic N) is 1. The second kappa shape index (κ2) is 5.17. The maximum absolute atomic E-state index is 6.22. The molecule has 0 unspecified atom stereocenters. The first kappa shape index (κ1) is 11.9. The van der Waals surface area contributed by atoms with E-state index in [0.29, 0.717) is 6.54 Å². The summed E-state index contributed by atoms with van der Waals surface area (Å²) in [6, 6.07) is 6.13. The smallest absolute Gasteiger partial charge is 0.0454 e. The van der Waals surface area contributed by atoms with Gasteiger partial charge in [-0.05, 0) is 43.0 Å². The van der Waals surface area contributed by atoms with E-state index >= 15 is 0 Å². The molecule has 16 heavy (non-hydrogen) atoms. The lowest BCUT2D eigenvalue weighted by Crippen LogP contribution is -2.20. The molecular weight excluding hydrogens is 220 g/mol. The molecule has 88 valence electrons. The zero-order valence-corrected chi connectivity index (χ0v) is 10.5. The molecule has 1 fully saturated rings. The van der Waals surface area contributed by atoms with Gasteiger partial charge in [-0.15, -0.1) is 0 Å². The van der Waals surface area contributed by atoms with Crippen molar-refractivity contribution >= 4 is 11.6 Å². The number of rotatable bonds is 5. The van der Waals surface area contributed by atoms with Crippen LogP contribution in [0.1, 0.15) is 24.0 Å². The molecule has 1 aromatic carbocycles. The summed E-state index contributed by atoms with van der Waals surface area (Å²) in [5, 5.41) is 0.839. The number of halogens is 1. The van der Waals surface area contributed by atoms with E-state index in [0.717, 1.165) is 23.0 Å². The minimum absolute atomic E-state index is 0.553. The average molecular weight is 239 g/mol. The maximum Gasteiger partial charge on any atom is 0.0454 e. The summed E-state index contributed by atoms with van der Waals surface area (Å²) in [7, 11) is 2.16. The van der Waals surface area contributed by atoms with Crippen LogP contribution in [0.4, 0.5) is 0 Å². The van der Waals surface area contributed by atoms with Gasteiger partial charge in [-0.2, -0.15) is 0 Å². The SMILES string of the molecule is CN(Cc1ccc(CN)cc1Cl)CC1CC1. The highest BCUT2D eigenvalue weighted by molar-refractivity contribution is 6.31. The van der Waals surface area contributed by atoms with Crippen LogP contribution >= 0.6 is 11.6 Å². The van der Waals surface area contributed by atoms with Gasteiger partial charge >= 0.3 is 0 Å². The van der Waals surface area contributed by atoms with Crippen LogP contribution in [0, 0.1) is 5.92 Å². The molecule has 1 saturated carbocycles.